The molecule has 1 fully saturated rings. The highest BCUT2D eigenvalue weighted by Gasteiger charge is 2.26. The van der Waals surface area contributed by atoms with E-state index in [1.54, 1.807) is 0 Å². The molecule has 1 heterocycles. The van der Waals surface area contributed by atoms with Crippen molar-refractivity contribution in [2.45, 2.75) is 52.6 Å². The molecule has 0 saturated carbocycles. The Morgan fingerprint density at radius 3 is 2.82 bits per heavy atom. The molecule has 102 valence electrons. The lowest BCUT2D eigenvalue weighted by Gasteiger charge is -2.41. The molecule has 0 aliphatic carbocycles. The lowest BCUT2D eigenvalue weighted by Crippen LogP contribution is -2.57. The molecule has 3 unspecified atom stereocenters. The second kappa shape index (κ2) is 8.39. The van der Waals surface area contributed by atoms with Crippen molar-refractivity contribution in [2.24, 2.45) is 5.92 Å². The third-order valence-electron chi connectivity index (χ3n) is 4.00. The summed E-state index contributed by atoms with van der Waals surface area (Å²) in [6, 6.07) is 1.41. The number of rotatable bonds is 7. The molecule has 1 aliphatic heterocycles. The second-order valence-corrected chi connectivity index (χ2v) is 6.69. The molecule has 1 N–H and O–H groups in total. The van der Waals surface area contributed by atoms with Crippen LogP contribution in [0.2, 0.25) is 0 Å². The number of hydrogen-bond donors (Lipinski definition) is 1. The summed E-state index contributed by atoms with van der Waals surface area (Å²) in [6.45, 7) is 13.0. The van der Waals surface area contributed by atoms with Crippen molar-refractivity contribution < 1.29 is 0 Å². The lowest BCUT2D eigenvalue weighted by molar-refractivity contribution is 0.119. The zero-order chi connectivity index (χ0) is 12.7. The molecule has 0 amide bonds. The maximum absolute atomic E-state index is 3.70. The van der Waals surface area contributed by atoms with Gasteiger partial charge in [0, 0.05) is 25.2 Å². The molecule has 3 heteroatoms. The molecule has 2 nitrogen and oxygen atoms in total. The fourth-order valence-corrected chi connectivity index (χ4v) is 3.06. The summed E-state index contributed by atoms with van der Waals surface area (Å²) in [6.07, 6.45) is 2.63. The zero-order valence-corrected chi connectivity index (χ0v) is 12.9. The van der Waals surface area contributed by atoms with Gasteiger partial charge >= 0.3 is 0 Å². The molecule has 0 spiro atoms. The quantitative estimate of drug-likeness (QED) is 0.707. The van der Waals surface area contributed by atoms with Gasteiger partial charge in [-0.25, -0.2) is 0 Å². The van der Waals surface area contributed by atoms with E-state index in [1.807, 2.05) is 0 Å². The topological polar surface area (TPSA) is 15.3 Å². The first-order valence-corrected chi connectivity index (χ1v) is 8.39. The smallest absolute Gasteiger partial charge is 0.0221 e. The number of nitrogens with zero attached hydrogens (tertiary/aromatic N) is 1. The molecule has 0 bridgehead atoms. The molecule has 0 aromatic heterocycles. The molecule has 17 heavy (non-hydrogen) atoms. The Labute approximate surface area is 112 Å². The van der Waals surface area contributed by atoms with Crippen LogP contribution in [-0.2, 0) is 0 Å². The standard InChI is InChI=1S/C14H30N2S/c1-5-12(3)14-11-16(13(4)10-15-14)8-7-9-17-6-2/h12-15H,5-11H2,1-4H3. The van der Waals surface area contributed by atoms with E-state index < -0.39 is 0 Å². The minimum absolute atomic E-state index is 0.704. The highest BCUT2D eigenvalue weighted by Crippen LogP contribution is 2.16. The van der Waals surface area contributed by atoms with E-state index in [4.69, 9.17) is 0 Å². The summed E-state index contributed by atoms with van der Waals surface area (Å²) in [5.74, 6) is 3.38. The second-order valence-electron chi connectivity index (χ2n) is 5.29. The van der Waals surface area contributed by atoms with Crippen molar-refractivity contribution in [3.63, 3.8) is 0 Å². The summed E-state index contributed by atoms with van der Waals surface area (Å²) in [5.41, 5.74) is 0. The Kier molecular flexibility index (Phi) is 7.56. The van der Waals surface area contributed by atoms with Gasteiger partial charge in [-0.2, -0.15) is 11.8 Å². The molecule has 0 aromatic carbocycles. The SMILES string of the molecule is CCSCCCN1CC(C(C)CC)NCC1C. The van der Waals surface area contributed by atoms with Gasteiger partial charge in [0.25, 0.3) is 0 Å². The van der Waals surface area contributed by atoms with Gasteiger partial charge in [0.05, 0.1) is 0 Å². The van der Waals surface area contributed by atoms with Crippen molar-refractivity contribution in [3.8, 4) is 0 Å². The van der Waals surface area contributed by atoms with Gasteiger partial charge in [-0.15, -0.1) is 0 Å². The molecule has 0 radical (unpaired) electrons. The normalized spacial score (nSPS) is 28.2. The van der Waals surface area contributed by atoms with Gasteiger partial charge in [0.15, 0.2) is 0 Å². The highest BCUT2D eigenvalue weighted by molar-refractivity contribution is 7.99. The Bertz CT molecular complexity index is 199. The number of hydrogen-bond acceptors (Lipinski definition) is 3. The van der Waals surface area contributed by atoms with E-state index in [-0.39, 0.29) is 0 Å². The predicted molar refractivity (Wildman–Crippen MR) is 79.9 cm³/mol. The van der Waals surface area contributed by atoms with Crippen LogP contribution in [0.3, 0.4) is 0 Å². The summed E-state index contributed by atoms with van der Waals surface area (Å²) >= 11 is 2.07. The van der Waals surface area contributed by atoms with Crippen LogP contribution in [0.4, 0.5) is 0 Å². The van der Waals surface area contributed by atoms with Crippen LogP contribution in [0, 0.1) is 5.92 Å². The van der Waals surface area contributed by atoms with Crippen LogP contribution in [-0.4, -0.2) is 48.1 Å². The maximum atomic E-state index is 3.70. The minimum atomic E-state index is 0.704. The largest absolute Gasteiger partial charge is 0.311 e. The average molecular weight is 258 g/mol. The van der Waals surface area contributed by atoms with Gasteiger partial charge in [0.2, 0.25) is 0 Å². The van der Waals surface area contributed by atoms with Crippen molar-refractivity contribution in [1.29, 1.82) is 0 Å². The van der Waals surface area contributed by atoms with Gasteiger partial charge in [0.1, 0.15) is 0 Å². The molecular formula is C14H30N2S. The first-order valence-electron chi connectivity index (χ1n) is 7.24. The van der Waals surface area contributed by atoms with Crippen LogP contribution < -0.4 is 5.32 Å². The third kappa shape index (κ3) is 5.19. The first-order chi connectivity index (χ1) is 8.19. The summed E-state index contributed by atoms with van der Waals surface area (Å²) in [5, 5.41) is 3.70. The Morgan fingerprint density at radius 2 is 2.18 bits per heavy atom. The van der Waals surface area contributed by atoms with Gasteiger partial charge in [-0.05, 0) is 37.3 Å². The number of thioether (sulfide) groups is 1. The van der Waals surface area contributed by atoms with Crippen LogP contribution in [0.5, 0.6) is 0 Å². The fourth-order valence-electron chi connectivity index (χ4n) is 2.44. The van der Waals surface area contributed by atoms with E-state index in [1.165, 1.54) is 37.4 Å². The van der Waals surface area contributed by atoms with E-state index in [2.05, 4.69) is 49.7 Å². The van der Waals surface area contributed by atoms with E-state index >= 15 is 0 Å². The van der Waals surface area contributed by atoms with Crippen LogP contribution in [0.25, 0.3) is 0 Å². The fraction of sp³-hybridized carbons (Fsp3) is 1.00. The summed E-state index contributed by atoms with van der Waals surface area (Å²) in [7, 11) is 0. The third-order valence-corrected chi connectivity index (χ3v) is 4.98. The molecule has 1 saturated heterocycles. The first kappa shape index (κ1) is 15.3. The molecule has 3 atom stereocenters. The van der Waals surface area contributed by atoms with Gasteiger partial charge in [-0.1, -0.05) is 27.2 Å². The molecule has 0 aromatic rings. The molecule has 1 rings (SSSR count). The number of piperazine rings is 1. The minimum Gasteiger partial charge on any atom is -0.311 e. The van der Waals surface area contributed by atoms with Crippen LogP contribution in [0.15, 0.2) is 0 Å². The van der Waals surface area contributed by atoms with E-state index in [9.17, 15) is 0 Å². The Hall–Kier alpha value is 0.270. The number of nitrogens with one attached hydrogen (secondary N) is 1. The Balaban J connectivity index is 2.30. The molecule has 1 aliphatic rings. The van der Waals surface area contributed by atoms with Crippen molar-refractivity contribution >= 4 is 11.8 Å². The van der Waals surface area contributed by atoms with Crippen molar-refractivity contribution in [1.82, 2.24) is 10.2 Å². The van der Waals surface area contributed by atoms with Crippen LogP contribution in [0.1, 0.15) is 40.5 Å². The monoisotopic (exact) mass is 258 g/mol. The zero-order valence-electron chi connectivity index (χ0n) is 12.0. The maximum Gasteiger partial charge on any atom is 0.0221 e. The highest BCUT2D eigenvalue weighted by atomic mass is 32.2. The van der Waals surface area contributed by atoms with Gasteiger partial charge in [-0.3, -0.25) is 4.90 Å². The van der Waals surface area contributed by atoms with Crippen molar-refractivity contribution in [3.05, 3.63) is 0 Å². The lowest BCUT2D eigenvalue weighted by atomic mass is 9.95. The van der Waals surface area contributed by atoms with E-state index in [0.717, 1.165) is 12.5 Å². The van der Waals surface area contributed by atoms with Crippen LogP contribution >= 0.6 is 11.8 Å². The average Bonchev–Trinajstić information content (AvgIpc) is 2.35. The van der Waals surface area contributed by atoms with Gasteiger partial charge < -0.3 is 5.32 Å². The molecular weight excluding hydrogens is 228 g/mol. The predicted octanol–water partition coefficient (Wildman–Crippen LogP) is 2.84. The van der Waals surface area contributed by atoms with E-state index in [0.29, 0.717) is 12.1 Å². The summed E-state index contributed by atoms with van der Waals surface area (Å²) < 4.78 is 0. The Morgan fingerprint density at radius 1 is 1.41 bits per heavy atom. The summed E-state index contributed by atoms with van der Waals surface area (Å²) in [4.78, 5) is 2.68. The van der Waals surface area contributed by atoms with Crippen molar-refractivity contribution in [2.75, 3.05) is 31.1 Å².